The van der Waals surface area contributed by atoms with Crippen LogP contribution in [0.15, 0.2) is 47.4 Å². The molecule has 1 heterocycles. The van der Waals surface area contributed by atoms with E-state index >= 15 is 0 Å². The smallest absolute Gasteiger partial charge is 0.255 e. The minimum absolute atomic E-state index is 0.113. The highest BCUT2D eigenvalue weighted by Gasteiger charge is 2.17. The van der Waals surface area contributed by atoms with E-state index in [1.54, 1.807) is 11.8 Å². The third-order valence-corrected chi connectivity index (χ3v) is 6.29. The Morgan fingerprint density at radius 2 is 1.81 bits per heavy atom. The summed E-state index contributed by atoms with van der Waals surface area (Å²) in [6, 6.07) is 13.5. The van der Waals surface area contributed by atoms with Crippen LogP contribution in [-0.2, 0) is 11.2 Å². The molecule has 2 aromatic rings. The SMILES string of the molecule is CSc1ccc(C)c(C(=O)Nc2ccc(CC(=O)N3CCSCC3)cc2)c1. The number of rotatable bonds is 5. The number of carbonyl (C=O) groups is 2. The van der Waals surface area contributed by atoms with E-state index in [-0.39, 0.29) is 11.8 Å². The van der Waals surface area contributed by atoms with Crippen molar-refractivity contribution in [2.75, 3.05) is 36.2 Å². The van der Waals surface area contributed by atoms with Crippen molar-refractivity contribution < 1.29 is 9.59 Å². The summed E-state index contributed by atoms with van der Waals surface area (Å²) in [7, 11) is 0. The van der Waals surface area contributed by atoms with Gasteiger partial charge in [-0.05, 0) is 48.6 Å². The fraction of sp³-hybridized carbons (Fsp3) is 0.333. The molecule has 1 saturated heterocycles. The summed E-state index contributed by atoms with van der Waals surface area (Å²) in [6.07, 6.45) is 2.41. The number of benzene rings is 2. The van der Waals surface area contributed by atoms with Crippen LogP contribution in [-0.4, -0.2) is 47.6 Å². The number of nitrogens with one attached hydrogen (secondary N) is 1. The highest BCUT2D eigenvalue weighted by molar-refractivity contribution is 7.99. The lowest BCUT2D eigenvalue weighted by Gasteiger charge is -2.26. The van der Waals surface area contributed by atoms with Crippen LogP contribution >= 0.6 is 23.5 Å². The Morgan fingerprint density at radius 3 is 2.48 bits per heavy atom. The molecule has 1 N–H and O–H groups in total. The van der Waals surface area contributed by atoms with Gasteiger partial charge in [-0.1, -0.05) is 18.2 Å². The molecule has 1 aliphatic heterocycles. The Balaban J connectivity index is 1.62. The van der Waals surface area contributed by atoms with Gasteiger partial charge in [0.25, 0.3) is 5.91 Å². The Morgan fingerprint density at radius 1 is 1.11 bits per heavy atom. The highest BCUT2D eigenvalue weighted by atomic mass is 32.2. The average Bonchev–Trinajstić information content (AvgIpc) is 2.70. The monoisotopic (exact) mass is 400 g/mol. The van der Waals surface area contributed by atoms with Crippen LogP contribution in [0.25, 0.3) is 0 Å². The number of nitrogens with zero attached hydrogens (tertiary/aromatic N) is 1. The van der Waals surface area contributed by atoms with Crippen molar-refractivity contribution in [2.24, 2.45) is 0 Å². The summed E-state index contributed by atoms with van der Waals surface area (Å²) < 4.78 is 0. The van der Waals surface area contributed by atoms with Gasteiger partial charge in [0.2, 0.25) is 5.91 Å². The van der Waals surface area contributed by atoms with Crippen LogP contribution in [0.2, 0.25) is 0 Å². The van der Waals surface area contributed by atoms with Gasteiger partial charge in [0, 0.05) is 40.7 Å². The summed E-state index contributed by atoms with van der Waals surface area (Å²) >= 11 is 3.51. The normalized spacial score (nSPS) is 14.1. The topological polar surface area (TPSA) is 49.4 Å². The van der Waals surface area contributed by atoms with Gasteiger partial charge in [0.1, 0.15) is 0 Å². The summed E-state index contributed by atoms with van der Waals surface area (Å²) in [5, 5.41) is 2.95. The lowest BCUT2D eigenvalue weighted by molar-refractivity contribution is -0.130. The number of carbonyl (C=O) groups excluding carboxylic acids is 2. The van der Waals surface area contributed by atoms with Crippen molar-refractivity contribution >= 4 is 41.0 Å². The third kappa shape index (κ3) is 5.30. The molecule has 0 aliphatic carbocycles. The summed E-state index contributed by atoms with van der Waals surface area (Å²) in [5.74, 6) is 2.11. The second kappa shape index (κ2) is 9.33. The van der Waals surface area contributed by atoms with Crippen LogP contribution in [0.1, 0.15) is 21.5 Å². The second-order valence-electron chi connectivity index (χ2n) is 6.50. The fourth-order valence-corrected chi connectivity index (χ4v) is 4.32. The first-order chi connectivity index (χ1) is 13.1. The molecule has 4 nitrogen and oxygen atoms in total. The fourth-order valence-electron chi connectivity index (χ4n) is 2.98. The summed E-state index contributed by atoms with van der Waals surface area (Å²) in [4.78, 5) is 28.0. The first-order valence-electron chi connectivity index (χ1n) is 8.97. The number of hydrogen-bond donors (Lipinski definition) is 1. The second-order valence-corrected chi connectivity index (χ2v) is 8.61. The molecule has 2 aromatic carbocycles. The number of hydrogen-bond acceptors (Lipinski definition) is 4. The summed E-state index contributed by atoms with van der Waals surface area (Å²) in [6.45, 7) is 3.62. The predicted octanol–water partition coefficient (Wildman–Crippen LogP) is 4.09. The first-order valence-corrected chi connectivity index (χ1v) is 11.3. The Bertz CT molecular complexity index is 815. The molecule has 3 rings (SSSR count). The molecule has 0 saturated carbocycles. The Hall–Kier alpha value is -1.92. The molecular formula is C21H24N2O2S2. The molecule has 0 atom stereocenters. The molecular weight excluding hydrogens is 376 g/mol. The number of anilines is 1. The predicted molar refractivity (Wildman–Crippen MR) is 115 cm³/mol. The van der Waals surface area contributed by atoms with Crippen LogP contribution in [0.4, 0.5) is 5.69 Å². The zero-order chi connectivity index (χ0) is 19.2. The van der Waals surface area contributed by atoms with Crippen LogP contribution < -0.4 is 5.32 Å². The molecule has 0 spiro atoms. The summed E-state index contributed by atoms with van der Waals surface area (Å²) in [5.41, 5.74) is 3.34. The lowest BCUT2D eigenvalue weighted by atomic mass is 10.1. The lowest BCUT2D eigenvalue weighted by Crippen LogP contribution is -2.38. The Kier molecular flexibility index (Phi) is 6.85. The van der Waals surface area contributed by atoms with E-state index in [1.165, 1.54) is 0 Å². The molecule has 0 bridgehead atoms. The van der Waals surface area contributed by atoms with Crippen LogP contribution in [0.5, 0.6) is 0 Å². The maximum atomic E-state index is 12.6. The van der Waals surface area contributed by atoms with E-state index in [0.29, 0.717) is 12.0 Å². The van der Waals surface area contributed by atoms with Crippen molar-refractivity contribution in [3.8, 4) is 0 Å². The molecule has 1 fully saturated rings. The van der Waals surface area contributed by atoms with Crippen molar-refractivity contribution in [1.29, 1.82) is 0 Å². The standard InChI is InChI=1S/C21H24N2O2S2/c1-15-3-8-18(26-2)14-19(15)21(25)22-17-6-4-16(5-7-17)13-20(24)23-9-11-27-12-10-23/h3-8,14H,9-13H2,1-2H3,(H,22,25). The van der Waals surface area contributed by atoms with E-state index < -0.39 is 0 Å². The van der Waals surface area contributed by atoms with E-state index in [4.69, 9.17) is 0 Å². The van der Waals surface area contributed by atoms with E-state index in [9.17, 15) is 9.59 Å². The first kappa shape index (κ1) is 19.8. The third-order valence-electron chi connectivity index (χ3n) is 4.62. The van der Waals surface area contributed by atoms with Crippen LogP contribution in [0.3, 0.4) is 0 Å². The van der Waals surface area contributed by atoms with Crippen molar-refractivity contribution in [2.45, 2.75) is 18.2 Å². The largest absolute Gasteiger partial charge is 0.341 e. The van der Waals surface area contributed by atoms with Gasteiger partial charge in [-0.15, -0.1) is 11.8 Å². The van der Waals surface area contributed by atoms with Gasteiger partial charge in [-0.2, -0.15) is 11.8 Å². The van der Waals surface area contributed by atoms with E-state index in [1.807, 2.05) is 72.3 Å². The molecule has 0 aromatic heterocycles. The number of thioether (sulfide) groups is 2. The van der Waals surface area contributed by atoms with Gasteiger partial charge in [0.15, 0.2) is 0 Å². The minimum atomic E-state index is -0.113. The molecule has 1 aliphatic rings. The molecule has 2 amide bonds. The zero-order valence-electron chi connectivity index (χ0n) is 15.7. The highest BCUT2D eigenvalue weighted by Crippen LogP contribution is 2.21. The van der Waals surface area contributed by atoms with E-state index in [2.05, 4.69) is 5.32 Å². The minimum Gasteiger partial charge on any atom is -0.341 e. The van der Waals surface area contributed by atoms with Crippen molar-refractivity contribution in [1.82, 2.24) is 4.90 Å². The maximum absolute atomic E-state index is 12.6. The molecule has 6 heteroatoms. The van der Waals surface area contributed by atoms with Crippen LogP contribution in [0, 0.1) is 6.92 Å². The molecule has 27 heavy (non-hydrogen) atoms. The molecule has 0 unspecified atom stereocenters. The maximum Gasteiger partial charge on any atom is 0.255 e. The average molecular weight is 401 g/mol. The molecule has 0 radical (unpaired) electrons. The quantitative estimate of drug-likeness (QED) is 0.768. The van der Waals surface area contributed by atoms with E-state index in [0.717, 1.165) is 46.3 Å². The van der Waals surface area contributed by atoms with Gasteiger partial charge in [-0.25, -0.2) is 0 Å². The number of aryl methyl sites for hydroxylation is 1. The zero-order valence-corrected chi connectivity index (χ0v) is 17.3. The van der Waals surface area contributed by atoms with Gasteiger partial charge < -0.3 is 10.2 Å². The Labute approximate surface area is 169 Å². The molecule has 142 valence electrons. The number of amides is 2. The van der Waals surface area contributed by atoms with Gasteiger partial charge in [0.05, 0.1) is 6.42 Å². The van der Waals surface area contributed by atoms with Gasteiger partial charge in [-0.3, -0.25) is 9.59 Å². The van der Waals surface area contributed by atoms with Crippen molar-refractivity contribution in [3.05, 3.63) is 59.2 Å². The van der Waals surface area contributed by atoms with Crippen molar-refractivity contribution in [3.63, 3.8) is 0 Å². The van der Waals surface area contributed by atoms with Gasteiger partial charge >= 0.3 is 0 Å².